The Kier molecular flexibility index (Phi) is 4.79. The van der Waals surface area contributed by atoms with Crippen LogP contribution in [0.4, 0.5) is 0 Å². The van der Waals surface area contributed by atoms with Crippen LogP contribution < -0.4 is 5.32 Å². The molecule has 0 radical (unpaired) electrons. The molecule has 1 amide bonds. The second-order valence-electron chi connectivity index (χ2n) is 6.49. The average molecular weight is 303 g/mol. The van der Waals surface area contributed by atoms with Gasteiger partial charge < -0.3 is 15.2 Å². The Morgan fingerprint density at radius 1 is 1.36 bits per heavy atom. The lowest BCUT2D eigenvalue weighted by atomic mass is 9.79. The summed E-state index contributed by atoms with van der Waals surface area (Å²) in [6.07, 6.45) is 6.32. The zero-order valence-corrected chi connectivity index (χ0v) is 13.0. The van der Waals surface area contributed by atoms with Crippen molar-refractivity contribution in [3.8, 4) is 0 Å². The van der Waals surface area contributed by atoms with Gasteiger partial charge in [-0.25, -0.2) is 0 Å². The van der Waals surface area contributed by atoms with E-state index in [1.807, 2.05) is 18.2 Å². The number of carbonyl (C=O) groups is 1. The number of carbonyl (C=O) groups excluding carboxylic acids is 1. The molecule has 4 nitrogen and oxygen atoms in total. The van der Waals surface area contributed by atoms with Gasteiger partial charge in [-0.2, -0.15) is 0 Å². The van der Waals surface area contributed by atoms with Gasteiger partial charge in [0, 0.05) is 13.0 Å². The molecule has 1 aromatic carbocycles. The first kappa shape index (κ1) is 15.5. The maximum absolute atomic E-state index is 12.0. The summed E-state index contributed by atoms with van der Waals surface area (Å²) in [6, 6.07) is 8.00. The number of rotatable bonds is 5. The van der Waals surface area contributed by atoms with Crippen LogP contribution in [-0.4, -0.2) is 30.3 Å². The molecular formula is C18H25NO3. The van der Waals surface area contributed by atoms with Gasteiger partial charge in [-0.05, 0) is 49.7 Å². The highest BCUT2D eigenvalue weighted by Gasteiger charge is 2.34. The number of aliphatic hydroxyl groups is 1. The molecule has 2 aliphatic rings. The molecule has 2 atom stereocenters. The highest BCUT2D eigenvalue weighted by atomic mass is 16.5. The number of benzene rings is 1. The van der Waals surface area contributed by atoms with Crippen molar-refractivity contribution < 1.29 is 14.6 Å². The van der Waals surface area contributed by atoms with Gasteiger partial charge in [0.05, 0.1) is 12.6 Å². The fourth-order valence-electron chi connectivity index (χ4n) is 3.58. The molecule has 1 aliphatic carbocycles. The molecule has 0 aromatic heterocycles. The van der Waals surface area contributed by atoms with Crippen molar-refractivity contribution in [1.29, 1.82) is 0 Å². The van der Waals surface area contributed by atoms with Crippen molar-refractivity contribution in [2.24, 2.45) is 0 Å². The Hall–Kier alpha value is -1.39. The fourth-order valence-corrected chi connectivity index (χ4v) is 3.58. The van der Waals surface area contributed by atoms with E-state index in [4.69, 9.17) is 4.74 Å². The van der Waals surface area contributed by atoms with Crippen LogP contribution >= 0.6 is 0 Å². The van der Waals surface area contributed by atoms with Crippen molar-refractivity contribution in [2.45, 2.75) is 56.7 Å². The fraction of sp³-hybridized carbons (Fsp3) is 0.611. The molecule has 0 bridgehead atoms. The van der Waals surface area contributed by atoms with Gasteiger partial charge in [-0.3, -0.25) is 4.79 Å². The van der Waals surface area contributed by atoms with E-state index >= 15 is 0 Å². The zero-order chi connectivity index (χ0) is 15.4. The Balaban J connectivity index is 1.53. The lowest BCUT2D eigenvalue weighted by Crippen LogP contribution is -2.43. The number of hydrogen-bond acceptors (Lipinski definition) is 3. The van der Waals surface area contributed by atoms with E-state index in [0.717, 1.165) is 44.3 Å². The van der Waals surface area contributed by atoms with Crippen molar-refractivity contribution in [3.05, 3.63) is 35.4 Å². The Morgan fingerprint density at radius 3 is 3.05 bits per heavy atom. The molecule has 1 aliphatic heterocycles. The molecule has 0 saturated carbocycles. The molecule has 2 unspecified atom stereocenters. The van der Waals surface area contributed by atoms with Gasteiger partial charge in [-0.1, -0.05) is 24.3 Å². The molecule has 0 spiro atoms. The summed E-state index contributed by atoms with van der Waals surface area (Å²) in [4.78, 5) is 12.0. The second kappa shape index (κ2) is 6.80. The molecule has 2 N–H and O–H groups in total. The molecule has 3 rings (SSSR count). The van der Waals surface area contributed by atoms with Crippen LogP contribution in [-0.2, 0) is 21.6 Å². The highest BCUT2D eigenvalue weighted by Crippen LogP contribution is 2.34. The van der Waals surface area contributed by atoms with Crippen molar-refractivity contribution >= 4 is 5.91 Å². The monoisotopic (exact) mass is 303 g/mol. The maximum Gasteiger partial charge on any atom is 0.220 e. The summed E-state index contributed by atoms with van der Waals surface area (Å²) in [7, 11) is 0. The minimum Gasteiger partial charge on any atom is -0.383 e. The predicted octanol–water partition coefficient (Wildman–Crippen LogP) is 2.29. The molecule has 1 heterocycles. The number of hydrogen-bond donors (Lipinski definition) is 2. The Bertz CT molecular complexity index is 525. The van der Waals surface area contributed by atoms with Crippen LogP contribution in [0.3, 0.4) is 0 Å². The van der Waals surface area contributed by atoms with Crippen LogP contribution in [0.1, 0.15) is 49.7 Å². The summed E-state index contributed by atoms with van der Waals surface area (Å²) in [5.41, 5.74) is 1.25. The number of ether oxygens (including phenoxy) is 1. The normalized spacial score (nSPS) is 27.4. The minimum absolute atomic E-state index is 0.00646. The van der Waals surface area contributed by atoms with Crippen LogP contribution in [0.2, 0.25) is 0 Å². The van der Waals surface area contributed by atoms with Crippen LogP contribution in [0, 0.1) is 0 Å². The molecule has 1 fully saturated rings. The number of fused-ring (bicyclic) bond motifs is 1. The van der Waals surface area contributed by atoms with E-state index in [-0.39, 0.29) is 12.0 Å². The summed E-state index contributed by atoms with van der Waals surface area (Å²) in [5.74, 6) is 0.00646. The topological polar surface area (TPSA) is 58.6 Å². The van der Waals surface area contributed by atoms with Crippen molar-refractivity contribution in [3.63, 3.8) is 0 Å². The number of nitrogens with one attached hydrogen (secondary N) is 1. The standard InChI is InChI=1S/C18H25NO3/c20-17(10-9-15-7-4-12-22-15)19-13-18(21)11-3-6-14-5-1-2-8-16(14)18/h1-2,5,8,15,21H,3-4,6-7,9-13H2,(H,19,20). The zero-order valence-electron chi connectivity index (χ0n) is 13.0. The smallest absolute Gasteiger partial charge is 0.220 e. The van der Waals surface area contributed by atoms with Crippen LogP contribution in [0.5, 0.6) is 0 Å². The van der Waals surface area contributed by atoms with Crippen molar-refractivity contribution in [1.82, 2.24) is 5.32 Å². The van der Waals surface area contributed by atoms with Gasteiger partial charge in [0.2, 0.25) is 5.91 Å². The van der Waals surface area contributed by atoms with Crippen LogP contribution in [0.15, 0.2) is 24.3 Å². The lowest BCUT2D eigenvalue weighted by Gasteiger charge is -2.34. The molecule has 4 heteroatoms. The largest absolute Gasteiger partial charge is 0.383 e. The maximum atomic E-state index is 12.0. The van der Waals surface area contributed by atoms with E-state index < -0.39 is 5.60 Å². The van der Waals surface area contributed by atoms with Gasteiger partial charge >= 0.3 is 0 Å². The third-order valence-corrected chi connectivity index (χ3v) is 4.85. The number of aryl methyl sites for hydroxylation is 1. The van der Waals surface area contributed by atoms with Gasteiger partial charge in [-0.15, -0.1) is 0 Å². The third kappa shape index (κ3) is 3.50. The molecular weight excluding hydrogens is 278 g/mol. The highest BCUT2D eigenvalue weighted by molar-refractivity contribution is 5.76. The second-order valence-corrected chi connectivity index (χ2v) is 6.49. The first-order chi connectivity index (χ1) is 10.7. The minimum atomic E-state index is -0.922. The summed E-state index contributed by atoms with van der Waals surface area (Å²) in [5, 5.41) is 13.8. The molecule has 22 heavy (non-hydrogen) atoms. The molecule has 1 aromatic rings. The lowest BCUT2D eigenvalue weighted by molar-refractivity contribution is -0.123. The Morgan fingerprint density at radius 2 is 2.23 bits per heavy atom. The first-order valence-corrected chi connectivity index (χ1v) is 8.36. The predicted molar refractivity (Wildman–Crippen MR) is 84.5 cm³/mol. The third-order valence-electron chi connectivity index (χ3n) is 4.85. The van der Waals surface area contributed by atoms with Gasteiger partial charge in [0.1, 0.15) is 5.60 Å². The van der Waals surface area contributed by atoms with Crippen LogP contribution in [0.25, 0.3) is 0 Å². The average Bonchev–Trinajstić information content (AvgIpc) is 3.05. The van der Waals surface area contributed by atoms with E-state index in [0.29, 0.717) is 19.4 Å². The van der Waals surface area contributed by atoms with E-state index in [2.05, 4.69) is 11.4 Å². The van der Waals surface area contributed by atoms with Crippen molar-refractivity contribution in [2.75, 3.05) is 13.2 Å². The summed E-state index contributed by atoms with van der Waals surface area (Å²) in [6.45, 7) is 1.12. The van der Waals surface area contributed by atoms with E-state index in [1.165, 1.54) is 5.56 Å². The Labute approximate surface area is 131 Å². The van der Waals surface area contributed by atoms with Gasteiger partial charge in [0.15, 0.2) is 0 Å². The molecule has 1 saturated heterocycles. The summed E-state index contributed by atoms with van der Waals surface area (Å²) < 4.78 is 5.53. The van der Waals surface area contributed by atoms with Gasteiger partial charge in [0.25, 0.3) is 0 Å². The van der Waals surface area contributed by atoms with E-state index in [1.54, 1.807) is 0 Å². The first-order valence-electron chi connectivity index (χ1n) is 8.36. The number of amides is 1. The van der Waals surface area contributed by atoms with E-state index in [9.17, 15) is 9.90 Å². The summed E-state index contributed by atoms with van der Waals surface area (Å²) >= 11 is 0. The quantitative estimate of drug-likeness (QED) is 0.877. The SMILES string of the molecule is O=C(CCC1CCCO1)NCC1(O)CCCc2ccccc21. The molecule has 120 valence electrons.